The second-order valence-electron chi connectivity index (χ2n) is 9.54. The number of hydrogen-bond acceptors (Lipinski definition) is 6. The number of carbonyl (C=O) groups is 2. The first-order valence-electron chi connectivity index (χ1n) is 13.4. The summed E-state index contributed by atoms with van der Waals surface area (Å²) in [6, 6.07) is 42.6. The molecule has 204 valence electrons. The molecule has 0 spiro atoms. The number of hydrogen-bond donors (Lipinski definition) is 0. The van der Waals surface area contributed by atoms with Gasteiger partial charge >= 0.3 is 5.97 Å². The normalized spacial score (nSPS) is 11.4. The lowest BCUT2D eigenvalue weighted by Crippen LogP contribution is -2.05. The highest BCUT2D eigenvalue weighted by Gasteiger charge is 2.23. The molecule has 42 heavy (non-hydrogen) atoms. The Bertz CT molecular complexity index is 1890. The smallest absolute Gasteiger partial charge is 0.332 e. The Labute approximate surface area is 247 Å². The molecule has 0 aliphatic rings. The fourth-order valence-corrected chi connectivity index (χ4v) is 5.51. The summed E-state index contributed by atoms with van der Waals surface area (Å²) in [6.45, 7) is 1.32. The van der Waals surface area contributed by atoms with E-state index in [-0.39, 0.29) is 5.78 Å². The van der Waals surface area contributed by atoms with Crippen LogP contribution >= 0.6 is 11.8 Å². The highest BCUT2D eigenvalue weighted by atomic mass is 32.2. The molecular weight excluding hydrogens is 542 g/mol. The summed E-state index contributed by atoms with van der Waals surface area (Å²) in [6.07, 6.45) is 0. The van der Waals surface area contributed by atoms with Crippen molar-refractivity contribution in [2.75, 3.05) is 0 Å². The van der Waals surface area contributed by atoms with Crippen LogP contribution in [0.5, 0.6) is 0 Å². The Morgan fingerprint density at radius 3 is 1.83 bits per heavy atom. The van der Waals surface area contributed by atoms with Crippen LogP contribution in [0.3, 0.4) is 0 Å². The molecule has 0 bridgehead atoms. The predicted molar refractivity (Wildman–Crippen MR) is 166 cm³/mol. The number of furan rings is 1. The third-order valence-corrected chi connectivity index (χ3v) is 7.67. The Morgan fingerprint density at radius 2 is 1.19 bits per heavy atom. The molecule has 5 nitrogen and oxygen atoms in total. The molecule has 6 heteroatoms. The SMILES string of the molecule is CC(=O)O/N=C(\c1ccccc1)c1ccc(Sc2ccc(C(=O)c3oc4ccccc4c3-c3ccccc3)cc2)cc1. The lowest BCUT2D eigenvalue weighted by Gasteiger charge is -2.08. The predicted octanol–water partition coefficient (Wildman–Crippen LogP) is 8.80. The lowest BCUT2D eigenvalue weighted by molar-refractivity contribution is -0.140. The molecule has 6 rings (SSSR count). The minimum absolute atomic E-state index is 0.161. The highest BCUT2D eigenvalue weighted by molar-refractivity contribution is 7.99. The second-order valence-corrected chi connectivity index (χ2v) is 10.7. The van der Waals surface area contributed by atoms with Crippen molar-refractivity contribution < 1.29 is 18.8 Å². The standard InChI is InChI=1S/C36H25NO4S/c1-24(38)41-37-34(26-12-6-3-7-13-26)27-16-20-29(21-17-27)42-30-22-18-28(19-23-30)35(39)36-33(25-10-4-2-5-11-25)31-14-8-9-15-32(31)40-36/h2-23H,1H3/b37-34+. The van der Waals surface area contributed by atoms with Crippen LogP contribution in [-0.4, -0.2) is 17.5 Å². The van der Waals surface area contributed by atoms with Gasteiger partial charge in [-0.15, -0.1) is 0 Å². The van der Waals surface area contributed by atoms with Gasteiger partial charge in [0.1, 0.15) is 11.3 Å². The first-order chi connectivity index (χ1) is 20.6. The Balaban J connectivity index is 1.23. The van der Waals surface area contributed by atoms with Crippen molar-refractivity contribution in [2.45, 2.75) is 16.7 Å². The van der Waals surface area contributed by atoms with Gasteiger partial charge in [-0.2, -0.15) is 0 Å². The average Bonchev–Trinajstić information content (AvgIpc) is 3.42. The Hall–Kier alpha value is -5.20. The molecule has 0 saturated heterocycles. The molecule has 0 aliphatic heterocycles. The molecule has 5 aromatic carbocycles. The monoisotopic (exact) mass is 567 g/mol. The number of ketones is 1. The number of carbonyl (C=O) groups excluding carboxylic acids is 2. The number of fused-ring (bicyclic) bond motifs is 1. The zero-order valence-electron chi connectivity index (χ0n) is 22.7. The summed E-state index contributed by atoms with van der Waals surface area (Å²) >= 11 is 1.58. The number of oxime groups is 1. The number of nitrogens with zero attached hydrogens (tertiary/aromatic N) is 1. The van der Waals surface area contributed by atoms with Gasteiger partial charge in [0.2, 0.25) is 5.78 Å². The van der Waals surface area contributed by atoms with E-state index in [4.69, 9.17) is 9.25 Å². The molecule has 0 unspecified atom stereocenters. The van der Waals surface area contributed by atoms with Gasteiger partial charge in [-0.05, 0) is 48.0 Å². The van der Waals surface area contributed by atoms with Crippen LogP contribution in [0.2, 0.25) is 0 Å². The van der Waals surface area contributed by atoms with E-state index in [0.29, 0.717) is 22.6 Å². The summed E-state index contributed by atoms with van der Waals surface area (Å²) in [5, 5.41) is 5.00. The van der Waals surface area contributed by atoms with Gasteiger partial charge in [0.25, 0.3) is 0 Å². The minimum Gasteiger partial charge on any atom is -0.452 e. The topological polar surface area (TPSA) is 68.9 Å². The molecule has 1 heterocycles. The summed E-state index contributed by atoms with van der Waals surface area (Å²) in [4.78, 5) is 32.0. The number of rotatable bonds is 8. The van der Waals surface area contributed by atoms with E-state index >= 15 is 0 Å². The van der Waals surface area contributed by atoms with Gasteiger partial charge in [-0.1, -0.05) is 108 Å². The van der Waals surface area contributed by atoms with Gasteiger partial charge in [-0.25, -0.2) is 4.79 Å². The van der Waals surface area contributed by atoms with E-state index in [9.17, 15) is 9.59 Å². The summed E-state index contributed by atoms with van der Waals surface area (Å²) in [7, 11) is 0. The zero-order valence-corrected chi connectivity index (χ0v) is 23.5. The third-order valence-electron chi connectivity index (χ3n) is 6.66. The van der Waals surface area contributed by atoms with Crippen molar-refractivity contribution in [2.24, 2.45) is 5.16 Å². The zero-order chi connectivity index (χ0) is 28.9. The van der Waals surface area contributed by atoms with Gasteiger partial charge in [0, 0.05) is 44.4 Å². The fraction of sp³-hybridized carbons (Fsp3) is 0.0278. The van der Waals surface area contributed by atoms with Gasteiger partial charge in [0.15, 0.2) is 5.76 Å². The van der Waals surface area contributed by atoms with E-state index in [1.807, 2.05) is 133 Å². The van der Waals surface area contributed by atoms with Crippen molar-refractivity contribution in [3.63, 3.8) is 0 Å². The molecule has 1 aromatic heterocycles. The summed E-state index contributed by atoms with van der Waals surface area (Å²) in [5.41, 5.74) is 5.23. The van der Waals surface area contributed by atoms with Crippen LogP contribution in [-0.2, 0) is 9.63 Å². The molecule has 0 atom stereocenters. The van der Waals surface area contributed by atoms with Gasteiger partial charge in [-0.3, -0.25) is 4.79 Å². The third kappa shape index (κ3) is 5.80. The van der Waals surface area contributed by atoms with Crippen molar-refractivity contribution in [3.8, 4) is 11.1 Å². The molecule has 0 N–H and O–H groups in total. The minimum atomic E-state index is -0.478. The molecule has 0 saturated carbocycles. The van der Waals surface area contributed by atoms with E-state index in [1.54, 1.807) is 11.8 Å². The highest BCUT2D eigenvalue weighted by Crippen LogP contribution is 2.36. The van der Waals surface area contributed by atoms with Gasteiger partial charge < -0.3 is 9.25 Å². The van der Waals surface area contributed by atoms with Crippen molar-refractivity contribution in [1.29, 1.82) is 0 Å². The molecule has 0 radical (unpaired) electrons. The van der Waals surface area contributed by atoms with Crippen molar-refractivity contribution in [1.82, 2.24) is 0 Å². The van der Waals surface area contributed by atoms with Crippen LogP contribution in [0.15, 0.2) is 153 Å². The number of benzene rings is 5. The van der Waals surface area contributed by atoms with Gasteiger partial charge in [0.05, 0.1) is 0 Å². The first-order valence-corrected chi connectivity index (χ1v) is 14.2. The maximum absolute atomic E-state index is 13.7. The Kier molecular flexibility index (Phi) is 7.79. The molecule has 0 amide bonds. The van der Waals surface area contributed by atoms with E-state index < -0.39 is 5.97 Å². The maximum Gasteiger partial charge on any atom is 0.332 e. The average molecular weight is 568 g/mol. The van der Waals surface area contributed by atoms with E-state index in [1.165, 1.54) is 6.92 Å². The van der Waals surface area contributed by atoms with Crippen LogP contribution in [0, 0.1) is 0 Å². The largest absolute Gasteiger partial charge is 0.452 e. The van der Waals surface area contributed by atoms with Crippen LogP contribution in [0.25, 0.3) is 22.1 Å². The molecule has 6 aromatic rings. The van der Waals surface area contributed by atoms with Crippen molar-refractivity contribution in [3.05, 3.63) is 156 Å². The molecule has 0 aliphatic carbocycles. The summed E-state index contributed by atoms with van der Waals surface area (Å²) in [5.74, 6) is -0.302. The quantitative estimate of drug-likeness (QED) is 0.0796. The van der Waals surface area contributed by atoms with E-state index in [0.717, 1.165) is 37.4 Å². The van der Waals surface area contributed by atoms with Crippen molar-refractivity contribution >= 4 is 40.2 Å². The first kappa shape index (κ1) is 27.0. The maximum atomic E-state index is 13.7. The van der Waals surface area contributed by atoms with Crippen LogP contribution < -0.4 is 0 Å². The Morgan fingerprint density at radius 1 is 0.643 bits per heavy atom. The van der Waals surface area contributed by atoms with Crippen LogP contribution in [0.1, 0.15) is 34.2 Å². The van der Waals surface area contributed by atoms with E-state index in [2.05, 4.69) is 5.16 Å². The van der Waals surface area contributed by atoms with Crippen LogP contribution in [0.4, 0.5) is 0 Å². The molecule has 0 fully saturated rings. The summed E-state index contributed by atoms with van der Waals surface area (Å²) < 4.78 is 6.10. The lowest BCUT2D eigenvalue weighted by atomic mass is 9.98. The molecular formula is C36H25NO4S. The number of para-hydroxylation sites is 1. The fourth-order valence-electron chi connectivity index (χ4n) is 4.70. The second kappa shape index (κ2) is 12.1.